The third kappa shape index (κ3) is 4.66. The van der Waals surface area contributed by atoms with Crippen LogP contribution in [0.5, 0.6) is 5.75 Å². The Balaban J connectivity index is 2.87. The van der Waals surface area contributed by atoms with Crippen molar-refractivity contribution in [1.29, 1.82) is 0 Å². The van der Waals surface area contributed by atoms with E-state index in [0.29, 0.717) is 31.1 Å². The number of hydrogen-bond donors (Lipinski definition) is 0. The van der Waals surface area contributed by atoms with E-state index in [2.05, 4.69) is 32.0 Å². The predicted molar refractivity (Wildman–Crippen MR) is 84.6 cm³/mol. The van der Waals surface area contributed by atoms with Crippen LogP contribution in [0.25, 0.3) is 0 Å². The molecule has 0 aromatic heterocycles. The zero-order chi connectivity index (χ0) is 15.0. The zero-order valence-corrected chi connectivity index (χ0v) is 13.4. The largest absolute Gasteiger partial charge is 0.494 e. The molecule has 0 bridgehead atoms. The molecule has 2 nitrogen and oxygen atoms in total. The van der Waals surface area contributed by atoms with E-state index >= 15 is 0 Å². The molecule has 0 aliphatic heterocycles. The summed E-state index contributed by atoms with van der Waals surface area (Å²) in [6, 6.07) is 6.40. The summed E-state index contributed by atoms with van der Waals surface area (Å²) in [7, 11) is 0. The minimum atomic E-state index is 0.368. The van der Waals surface area contributed by atoms with Crippen LogP contribution in [0.4, 0.5) is 0 Å². The summed E-state index contributed by atoms with van der Waals surface area (Å²) in [5, 5.41) is 0. The molecule has 0 heterocycles. The Labute approximate surface area is 123 Å². The van der Waals surface area contributed by atoms with Gasteiger partial charge < -0.3 is 4.74 Å². The molecule has 1 rings (SSSR count). The van der Waals surface area contributed by atoms with Crippen LogP contribution in [-0.2, 0) is 11.2 Å². The number of rotatable bonds is 9. The zero-order valence-electron chi connectivity index (χ0n) is 13.4. The van der Waals surface area contributed by atoms with Gasteiger partial charge in [-0.25, -0.2) is 0 Å². The predicted octanol–water partition coefficient (Wildman–Crippen LogP) is 4.90. The normalized spacial score (nSPS) is 12.2. The van der Waals surface area contributed by atoms with Crippen LogP contribution < -0.4 is 4.74 Å². The summed E-state index contributed by atoms with van der Waals surface area (Å²) in [4.78, 5) is 11.5. The molecule has 0 aliphatic carbocycles. The molecular weight excluding hydrogens is 248 g/mol. The number of ether oxygens (including phenoxy) is 1. The van der Waals surface area contributed by atoms with Crippen LogP contribution in [0, 0.1) is 0 Å². The van der Waals surface area contributed by atoms with Crippen LogP contribution in [0.2, 0.25) is 0 Å². The highest BCUT2D eigenvalue weighted by Gasteiger charge is 2.15. The molecule has 112 valence electrons. The third-order valence-electron chi connectivity index (χ3n) is 3.90. The van der Waals surface area contributed by atoms with Crippen LogP contribution in [0.1, 0.15) is 70.4 Å². The maximum atomic E-state index is 11.5. The number of benzene rings is 1. The highest BCUT2D eigenvalue weighted by atomic mass is 16.5. The molecule has 1 aromatic rings. The molecule has 0 fully saturated rings. The number of Topliss-reactive ketones (excluding diaryl/α,β-unsaturated/α-hetero) is 1. The van der Waals surface area contributed by atoms with Crippen molar-refractivity contribution in [2.24, 2.45) is 0 Å². The van der Waals surface area contributed by atoms with Gasteiger partial charge in [-0.1, -0.05) is 26.8 Å². The lowest BCUT2D eigenvalue weighted by Gasteiger charge is -2.19. The van der Waals surface area contributed by atoms with Crippen molar-refractivity contribution >= 4 is 5.78 Å². The quantitative estimate of drug-likeness (QED) is 0.641. The fourth-order valence-electron chi connectivity index (χ4n) is 2.63. The maximum Gasteiger partial charge on any atom is 0.132 e. The van der Waals surface area contributed by atoms with E-state index in [1.807, 2.05) is 13.8 Å². The topological polar surface area (TPSA) is 26.3 Å². The SMILES string of the molecule is CCOc1ccc(C(CC)CCC(=O)CC)c(CC)c1. The van der Waals surface area contributed by atoms with Crippen LogP contribution in [0.15, 0.2) is 18.2 Å². The van der Waals surface area contributed by atoms with Gasteiger partial charge in [0.05, 0.1) is 6.61 Å². The number of aryl methyl sites for hydroxylation is 1. The van der Waals surface area contributed by atoms with Gasteiger partial charge in [-0.05, 0) is 55.4 Å². The third-order valence-corrected chi connectivity index (χ3v) is 3.90. The molecule has 0 aliphatic rings. The van der Waals surface area contributed by atoms with E-state index in [1.54, 1.807) is 0 Å². The first-order valence-electron chi connectivity index (χ1n) is 7.93. The van der Waals surface area contributed by atoms with Crippen LogP contribution in [-0.4, -0.2) is 12.4 Å². The van der Waals surface area contributed by atoms with Gasteiger partial charge in [0.15, 0.2) is 0 Å². The van der Waals surface area contributed by atoms with Gasteiger partial charge in [-0.2, -0.15) is 0 Å². The maximum absolute atomic E-state index is 11.5. The van der Waals surface area contributed by atoms with Crippen molar-refractivity contribution in [2.45, 2.75) is 65.7 Å². The van der Waals surface area contributed by atoms with Crippen LogP contribution >= 0.6 is 0 Å². The van der Waals surface area contributed by atoms with E-state index in [4.69, 9.17) is 4.74 Å². The van der Waals surface area contributed by atoms with Crippen molar-refractivity contribution in [1.82, 2.24) is 0 Å². The van der Waals surface area contributed by atoms with E-state index < -0.39 is 0 Å². The highest BCUT2D eigenvalue weighted by Crippen LogP contribution is 2.30. The molecule has 0 saturated heterocycles. The van der Waals surface area contributed by atoms with Crippen molar-refractivity contribution in [3.63, 3.8) is 0 Å². The van der Waals surface area contributed by atoms with Gasteiger partial charge in [-0.3, -0.25) is 4.79 Å². The molecule has 1 atom stereocenters. The second kappa shape index (κ2) is 8.78. The number of carbonyl (C=O) groups excluding carboxylic acids is 1. The summed E-state index contributed by atoms with van der Waals surface area (Å²) in [5.74, 6) is 1.80. The molecule has 2 heteroatoms. The average Bonchev–Trinajstić information content (AvgIpc) is 2.48. The number of ketones is 1. The smallest absolute Gasteiger partial charge is 0.132 e. The summed E-state index contributed by atoms with van der Waals surface area (Å²) >= 11 is 0. The fourth-order valence-corrected chi connectivity index (χ4v) is 2.63. The molecule has 1 unspecified atom stereocenters. The van der Waals surface area contributed by atoms with Crippen LogP contribution in [0.3, 0.4) is 0 Å². The Morgan fingerprint density at radius 2 is 1.95 bits per heavy atom. The second-order valence-corrected chi connectivity index (χ2v) is 5.18. The van der Waals surface area contributed by atoms with Gasteiger partial charge in [-0.15, -0.1) is 0 Å². The average molecular weight is 276 g/mol. The molecule has 0 spiro atoms. The summed E-state index contributed by atoms with van der Waals surface area (Å²) < 4.78 is 5.58. The second-order valence-electron chi connectivity index (χ2n) is 5.18. The van der Waals surface area contributed by atoms with E-state index in [0.717, 1.165) is 25.0 Å². The first kappa shape index (κ1) is 16.7. The van der Waals surface area contributed by atoms with Gasteiger partial charge in [0.2, 0.25) is 0 Å². The van der Waals surface area contributed by atoms with Crippen molar-refractivity contribution < 1.29 is 9.53 Å². The molecule has 1 aromatic carbocycles. The Morgan fingerprint density at radius 1 is 1.20 bits per heavy atom. The van der Waals surface area contributed by atoms with Gasteiger partial charge in [0.1, 0.15) is 11.5 Å². The van der Waals surface area contributed by atoms with Crippen molar-refractivity contribution in [3.8, 4) is 5.75 Å². The molecule has 0 saturated carbocycles. The minimum absolute atomic E-state index is 0.368. The Bertz CT molecular complexity index is 423. The van der Waals surface area contributed by atoms with Gasteiger partial charge in [0.25, 0.3) is 0 Å². The molecule has 0 radical (unpaired) electrons. The van der Waals surface area contributed by atoms with Gasteiger partial charge in [0, 0.05) is 12.8 Å². The Hall–Kier alpha value is -1.31. The lowest BCUT2D eigenvalue weighted by atomic mass is 9.87. The Morgan fingerprint density at radius 3 is 2.50 bits per heavy atom. The molecule has 20 heavy (non-hydrogen) atoms. The lowest BCUT2D eigenvalue weighted by Crippen LogP contribution is -2.06. The standard InChI is InChI=1S/C18H28O2/c1-5-14(9-10-16(19)7-3)18-12-11-17(20-8-4)13-15(18)6-2/h11-14H,5-10H2,1-4H3. The van der Waals surface area contributed by atoms with E-state index in [1.165, 1.54) is 11.1 Å². The highest BCUT2D eigenvalue weighted by molar-refractivity contribution is 5.78. The van der Waals surface area contributed by atoms with Gasteiger partial charge >= 0.3 is 0 Å². The summed E-state index contributed by atoms with van der Waals surface area (Å²) in [6.45, 7) is 9.03. The number of hydrogen-bond acceptors (Lipinski definition) is 2. The molecule has 0 amide bonds. The summed E-state index contributed by atoms with van der Waals surface area (Å²) in [6.07, 6.45) is 4.41. The fraction of sp³-hybridized carbons (Fsp3) is 0.611. The molecule has 0 N–H and O–H groups in total. The lowest BCUT2D eigenvalue weighted by molar-refractivity contribution is -0.118. The Kier molecular flexibility index (Phi) is 7.35. The minimum Gasteiger partial charge on any atom is -0.494 e. The van der Waals surface area contributed by atoms with E-state index in [9.17, 15) is 4.79 Å². The monoisotopic (exact) mass is 276 g/mol. The van der Waals surface area contributed by atoms with Crippen molar-refractivity contribution in [2.75, 3.05) is 6.61 Å². The number of carbonyl (C=O) groups is 1. The molecular formula is C18H28O2. The first-order chi connectivity index (χ1) is 9.65. The first-order valence-corrected chi connectivity index (χ1v) is 7.93. The summed E-state index contributed by atoms with van der Waals surface area (Å²) in [5.41, 5.74) is 2.74. The van der Waals surface area contributed by atoms with E-state index in [-0.39, 0.29) is 0 Å². The van der Waals surface area contributed by atoms with Crippen molar-refractivity contribution in [3.05, 3.63) is 29.3 Å².